The topological polar surface area (TPSA) is 74.7 Å². The molecule has 0 saturated heterocycles. The number of aryl methyl sites for hydroxylation is 1. The number of rotatable bonds is 10. The molecule has 2 aliphatic rings. The number of ether oxygens (including phenoxy) is 1. The maximum atomic E-state index is 11.4. The molecule has 5 rings (SSSR count). The van der Waals surface area contributed by atoms with Gasteiger partial charge in [-0.25, -0.2) is 4.79 Å². The fraction of sp³-hybridized carbons (Fsp3) is 0.357. The fourth-order valence-electron chi connectivity index (χ4n) is 4.66. The van der Waals surface area contributed by atoms with Crippen molar-refractivity contribution in [3.8, 4) is 0 Å². The molecular formula is C28H31N3O3. The first-order valence-electron chi connectivity index (χ1n) is 12.0. The minimum Gasteiger partial charge on any atom is -0.478 e. The van der Waals surface area contributed by atoms with Crippen molar-refractivity contribution >= 4 is 23.0 Å². The summed E-state index contributed by atoms with van der Waals surface area (Å²) in [6.45, 7) is 2.26. The summed E-state index contributed by atoms with van der Waals surface area (Å²) in [6.07, 6.45) is 7.80. The number of carbonyl (C=O) groups is 1. The van der Waals surface area contributed by atoms with Crippen LogP contribution in [0, 0.1) is 5.92 Å². The molecule has 1 fully saturated rings. The van der Waals surface area contributed by atoms with E-state index in [1.165, 1.54) is 47.5 Å². The quantitative estimate of drug-likeness (QED) is 0.412. The number of pyridine rings is 1. The van der Waals surface area contributed by atoms with E-state index < -0.39 is 5.97 Å². The monoisotopic (exact) mass is 457 g/mol. The molecule has 6 heteroatoms. The lowest BCUT2D eigenvalue weighted by atomic mass is 10.0. The van der Waals surface area contributed by atoms with Gasteiger partial charge in [-0.05, 0) is 78.6 Å². The van der Waals surface area contributed by atoms with Gasteiger partial charge in [-0.2, -0.15) is 0 Å². The predicted octanol–water partition coefficient (Wildman–Crippen LogP) is 5.62. The summed E-state index contributed by atoms with van der Waals surface area (Å²) in [5.74, 6) is 0.201. The lowest BCUT2D eigenvalue weighted by molar-refractivity contribution is 0.0697. The van der Waals surface area contributed by atoms with Gasteiger partial charge < -0.3 is 20.1 Å². The van der Waals surface area contributed by atoms with Crippen LogP contribution in [0.25, 0.3) is 0 Å². The molecule has 0 bridgehead atoms. The second-order valence-electron chi connectivity index (χ2n) is 9.41. The molecule has 2 aliphatic carbocycles. The van der Waals surface area contributed by atoms with E-state index in [4.69, 9.17) is 4.74 Å². The SMILES string of the molecule is CN(c1ccc(COCC2CC2)cc1)c1ccc2c(c1)CC[C@H]2CNc1cnccc1C(=O)O. The Morgan fingerprint density at radius 1 is 1.12 bits per heavy atom. The Morgan fingerprint density at radius 2 is 1.91 bits per heavy atom. The molecule has 176 valence electrons. The number of fused-ring (bicyclic) bond motifs is 1. The smallest absolute Gasteiger partial charge is 0.337 e. The minimum absolute atomic E-state index is 0.255. The summed E-state index contributed by atoms with van der Waals surface area (Å²) in [7, 11) is 2.10. The average molecular weight is 458 g/mol. The zero-order valence-corrected chi connectivity index (χ0v) is 19.5. The summed E-state index contributed by atoms with van der Waals surface area (Å²) >= 11 is 0. The van der Waals surface area contributed by atoms with Gasteiger partial charge in [-0.3, -0.25) is 4.98 Å². The van der Waals surface area contributed by atoms with Gasteiger partial charge in [-0.15, -0.1) is 0 Å². The van der Waals surface area contributed by atoms with Gasteiger partial charge >= 0.3 is 5.97 Å². The number of carboxylic acids is 1. The van der Waals surface area contributed by atoms with Crippen LogP contribution in [0.15, 0.2) is 60.9 Å². The number of anilines is 3. The molecule has 3 aromatic rings. The maximum Gasteiger partial charge on any atom is 0.337 e. The first-order chi connectivity index (χ1) is 16.6. The number of carboxylic acid groups (broad SMARTS) is 1. The highest BCUT2D eigenvalue weighted by molar-refractivity contribution is 5.93. The van der Waals surface area contributed by atoms with Gasteiger partial charge in [0.05, 0.1) is 24.1 Å². The molecule has 1 saturated carbocycles. The first kappa shape index (κ1) is 22.4. The Bertz CT molecular complexity index is 1160. The van der Waals surface area contributed by atoms with Crippen molar-refractivity contribution in [2.24, 2.45) is 5.92 Å². The molecule has 2 aromatic carbocycles. The van der Waals surface area contributed by atoms with Crippen LogP contribution in [0.3, 0.4) is 0 Å². The van der Waals surface area contributed by atoms with Crippen LogP contribution in [0.1, 0.15) is 52.2 Å². The highest BCUT2D eigenvalue weighted by Crippen LogP contribution is 2.37. The Morgan fingerprint density at radius 3 is 2.68 bits per heavy atom. The highest BCUT2D eigenvalue weighted by atomic mass is 16.5. The number of hydrogen-bond donors (Lipinski definition) is 2. The van der Waals surface area contributed by atoms with Gasteiger partial charge in [0.1, 0.15) is 0 Å². The van der Waals surface area contributed by atoms with Crippen LogP contribution in [0.4, 0.5) is 17.1 Å². The van der Waals surface area contributed by atoms with Crippen LogP contribution < -0.4 is 10.2 Å². The van der Waals surface area contributed by atoms with E-state index in [1.54, 1.807) is 6.20 Å². The van der Waals surface area contributed by atoms with E-state index >= 15 is 0 Å². The van der Waals surface area contributed by atoms with Gasteiger partial charge in [0, 0.05) is 43.7 Å². The Labute approximate surface area is 200 Å². The molecule has 34 heavy (non-hydrogen) atoms. The lowest BCUT2D eigenvalue weighted by Crippen LogP contribution is -2.13. The van der Waals surface area contributed by atoms with Crippen LogP contribution in [-0.2, 0) is 17.8 Å². The van der Waals surface area contributed by atoms with E-state index in [1.807, 2.05) is 0 Å². The van der Waals surface area contributed by atoms with Crippen LogP contribution >= 0.6 is 0 Å². The van der Waals surface area contributed by atoms with Crippen LogP contribution in [0.2, 0.25) is 0 Å². The highest BCUT2D eigenvalue weighted by Gasteiger charge is 2.24. The molecule has 1 atom stereocenters. The predicted molar refractivity (Wildman–Crippen MR) is 134 cm³/mol. The molecule has 2 N–H and O–H groups in total. The van der Waals surface area contributed by atoms with E-state index in [0.717, 1.165) is 31.1 Å². The van der Waals surface area contributed by atoms with Gasteiger partial charge in [0.25, 0.3) is 0 Å². The number of aromatic carboxylic acids is 1. The van der Waals surface area contributed by atoms with Crippen molar-refractivity contribution in [3.05, 3.63) is 83.2 Å². The molecule has 6 nitrogen and oxygen atoms in total. The molecule has 0 amide bonds. The van der Waals surface area contributed by atoms with Crippen molar-refractivity contribution < 1.29 is 14.6 Å². The van der Waals surface area contributed by atoms with Gasteiger partial charge in [0.15, 0.2) is 0 Å². The molecule has 1 aromatic heterocycles. The fourth-order valence-corrected chi connectivity index (χ4v) is 4.66. The van der Waals surface area contributed by atoms with Crippen LogP contribution in [-0.4, -0.2) is 36.3 Å². The van der Waals surface area contributed by atoms with E-state index in [-0.39, 0.29) is 5.56 Å². The molecule has 0 aliphatic heterocycles. The molecule has 0 radical (unpaired) electrons. The summed E-state index contributed by atoms with van der Waals surface area (Å²) < 4.78 is 5.80. The maximum absolute atomic E-state index is 11.4. The summed E-state index contributed by atoms with van der Waals surface area (Å²) in [5.41, 5.74) is 7.07. The normalized spacial score (nSPS) is 16.8. The minimum atomic E-state index is -0.941. The van der Waals surface area contributed by atoms with E-state index in [0.29, 0.717) is 24.8 Å². The van der Waals surface area contributed by atoms with Crippen molar-refractivity contribution in [2.45, 2.75) is 38.2 Å². The second kappa shape index (κ2) is 9.85. The van der Waals surface area contributed by atoms with Crippen molar-refractivity contribution in [1.82, 2.24) is 4.98 Å². The zero-order chi connectivity index (χ0) is 23.5. The third-order valence-corrected chi connectivity index (χ3v) is 6.95. The number of benzene rings is 2. The van der Waals surface area contributed by atoms with Gasteiger partial charge in [0.2, 0.25) is 0 Å². The molecule has 0 spiro atoms. The average Bonchev–Trinajstić information content (AvgIpc) is 3.60. The van der Waals surface area contributed by atoms with E-state index in [9.17, 15) is 9.90 Å². The van der Waals surface area contributed by atoms with Gasteiger partial charge in [-0.1, -0.05) is 18.2 Å². The first-order valence-corrected chi connectivity index (χ1v) is 12.0. The van der Waals surface area contributed by atoms with Crippen LogP contribution in [0.5, 0.6) is 0 Å². The Hall–Kier alpha value is -3.38. The zero-order valence-electron chi connectivity index (χ0n) is 19.5. The number of nitrogens with zero attached hydrogens (tertiary/aromatic N) is 2. The molecule has 0 unspecified atom stereocenters. The Kier molecular flexibility index (Phi) is 6.50. The van der Waals surface area contributed by atoms with Crippen molar-refractivity contribution in [1.29, 1.82) is 0 Å². The number of hydrogen-bond acceptors (Lipinski definition) is 5. The molecular weight excluding hydrogens is 426 g/mol. The standard InChI is InChI=1S/C28H31N3O3/c1-31(23-8-4-20(5-9-23)18-34-17-19-2-3-19)24-10-11-25-21(14-24)6-7-22(25)15-30-27-16-29-13-12-26(27)28(32)33/h4-5,8-14,16,19,22,30H,2-3,6-7,15,17-18H2,1H3,(H,32,33)/t22-/m0/s1. The number of aromatic nitrogens is 1. The summed E-state index contributed by atoms with van der Waals surface area (Å²) in [5, 5.41) is 12.7. The number of nitrogens with one attached hydrogen (secondary N) is 1. The van der Waals surface area contributed by atoms with E-state index in [2.05, 4.69) is 64.7 Å². The van der Waals surface area contributed by atoms with Crippen molar-refractivity contribution in [3.63, 3.8) is 0 Å². The Balaban J connectivity index is 1.21. The third kappa shape index (κ3) is 5.07. The summed E-state index contributed by atoms with van der Waals surface area (Å²) in [6, 6.07) is 16.8. The van der Waals surface area contributed by atoms with Crippen molar-refractivity contribution in [2.75, 3.05) is 30.4 Å². The third-order valence-electron chi connectivity index (χ3n) is 6.95. The largest absolute Gasteiger partial charge is 0.478 e. The summed E-state index contributed by atoms with van der Waals surface area (Å²) in [4.78, 5) is 17.7. The molecule has 1 heterocycles. The lowest BCUT2D eigenvalue weighted by Gasteiger charge is -2.21. The second-order valence-corrected chi connectivity index (χ2v) is 9.41.